The maximum Gasteiger partial charge on any atom is 0.418 e. The van der Waals surface area contributed by atoms with Crippen LogP contribution in [0.4, 0.5) is 23.7 Å². The molecule has 0 aliphatic carbocycles. The first-order valence-electron chi connectivity index (χ1n) is 7.50. The highest BCUT2D eigenvalue weighted by Gasteiger charge is 2.33. The third kappa shape index (κ3) is 4.00. The summed E-state index contributed by atoms with van der Waals surface area (Å²) in [6.07, 6.45) is -0.176. The van der Waals surface area contributed by atoms with Crippen LogP contribution in [-0.4, -0.2) is 16.0 Å². The number of nitrogens with one attached hydrogen (secondary N) is 2. The van der Waals surface area contributed by atoms with E-state index in [0.29, 0.717) is 17.1 Å². The molecule has 0 saturated heterocycles. The van der Waals surface area contributed by atoms with E-state index in [0.717, 1.165) is 6.07 Å². The number of rotatable bonds is 4. The lowest BCUT2D eigenvalue weighted by molar-refractivity contribution is -0.136. The molecule has 6 nitrogen and oxygen atoms in total. The van der Waals surface area contributed by atoms with Gasteiger partial charge in [0.05, 0.1) is 29.8 Å². The molecule has 2 amide bonds. The number of alkyl halides is 3. The Morgan fingerprint density at radius 1 is 1.08 bits per heavy atom. The summed E-state index contributed by atoms with van der Waals surface area (Å²) in [4.78, 5) is 20.3. The highest BCUT2D eigenvalue weighted by atomic mass is 19.4. The molecule has 1 aromatic carbocycles. The van der Waals surface area contributed by atoms with Crippen molar-refractivity contribution in [1.82, 2.24) is 15.3 Å². The molecule has 0 aliphatic heterocycles. The minimum Gasteiger partial charge on any atom is -0.463 e. The zero-order valence-corrected chi connectivity index (χ0v) is 13.2. The average molecular weight is 362 g/mol. The van der Waals surface area contributed by atoms with Gasteiger partial charge in [0, 0.05) is 12.4 Å². The van der Waals surface area contributed by atoms with Crippen LogP contribution in [0.15, 0.2) is 59.5 Å². The summed E-state index contributed by atoms with van der Waals surface area (Å²) in [5.74, 6) is 0.470. The topological polar surface area (TPSA) is 80.1 Å². The summed E-state index contributed by atoms with van der Waals surface area (Å²) >= 11 is 0. The number of aromatic nitrogens is 2. The molecule has 3 aromatic rings. The second-order valence-corrected chi connectivity index (χ2v) is 5.18. The zero-order valence-electron chi connectivity index (χ0n) is 13.2. The van der Waals surface area contributed by atoms with Crippen LogP contribution in [-0.2, 0) is 12.7 Å². The second kappa shape index (κ2) is 7.26. The fraction of sp³-hybridized carbons (Fsp3) is 0.118. The first kappa shape index (κ1) is 17.5. The van der Waals surface area contributed by atoms with E-state index in [1.807, 2.05) is 0 Å². The Kier molecular flexibility index (Phi) is 4.87. The molecule has 26 heavy (non-hydrogen) atoms. The van der Waals surface area contributed by atoms with E-state index in [4.69, 9.17) is 4.42 Å². The molecule has 0 atom stereocenters. The Bertz CT molecular complexity index is 895. The van der Waals surface area contributed by atoms with Gasteiger partial charge in [0.2, 0.25) is 0 Å². The molecule has 3 rings (SSSR count). The minimum atomic E-state index is -4.57. The number of urea groups is 1. The maximum absolute atomic E-state index is 13.0. The van der Waals surface area contributed by atoms with Crippen molar-refractivity contribution in [2.45, 2.75) is 12.7 Å². The zero-order chi connectivity index (χ0) is 18.6. The highest BCUT2D eigenvalue weighted by molar-refractivity contribution is 5.90. The summed E-state index contributed by atoms with van der Waals surface area (Å²) in [5.41, 5.74) is -0.399. The van der Waals surface area contributed by atoms with Gasteiger partial charge in [0.15, 0.2) is 5.76 Å². The standard InChI is InChI=1S/C17H13F3N4O2/c18-17(19,20)11-4-1-2-5-12(11)24-16(25)23-10-13-15(22-8-7-21-13)14-6-3-9-26-14/h1-9H,10H2,(H2,23,24,25). The number of carbonyl (C=O) groups excluding carboxylic acids is 1. The summed E-state index contributed by atoms with van der Waals surface area (Å²) in [5, 5.41) is 4.67. The predicted octanol–water partition coefficient (Wildman–Crippen LogP) is 4.08. The van der Waals surface area contributed by atoms with E-state index in [2.05, 4.69) is 20.6 Å². The van der Waals surface area contributed by atoms with Crippen molar-refractivity contribution < 1.29 is 22.4 Å². The van der Waals surface area contributed by atoms with Crippen molar-refractivity contribution in [3.8, 4) is 11.5 Å². The van der Waals surface area contributed by atoms with Gasteiger partial charge in [-0.3, -0.25) is 4.98 Å². The monoisotopic (exact) mass is 362 g/mol. The smallest absolute Gasteiger partial charge is 0.418 e. The van der Waals surface area contributed by atoms with Crippen LogP contribution in [0.1, 0.15) is 11.3 Å². The summed E-state index contributed by atoms with van der Waals surface area (Å²) in [6.45, 7) is -0.0378. The third-order valence-corrected chi connectivity index (χ3v) is 3.43. The van der Waals surface area contributed by atoms with Crippen molar-refractivity contribution >= 4 is 11.7 Å². The lowest BCUT2D eigenvalue weighted by atomic mass is 10.1. The van der Waals surface area contributed by atoms with Crippen LogP contribution in [0, 0.1) is 0 Å². The number of benzene rings is 1. The van der Waals surface area contributed by atoms with Crippen molar-refractivity contribution in [2.24, 2.45) is 0 Å². The van der Waals surface area contributed by atoms with Crippen molar-refractivity contribution in [3.63, 3.8) is 0 Å². The average Bonchev–Trinajstić information content (AvgIpc) is 3.14. The number of carbonyl (C=O) groups is 1. The van der Waals surface area contributed by atoms with Gasteiger partial charge >= 0.3 is 12.2 Å². The van der Waals surface area contributed by atoms with Gasteiger partial charge in [0.25, 0.3) is 0 Å². The van der Waals surface area contributed by atoms with E-state index in [1.165, 1.54) is 36.9 Å². The van der Waals surface area contributed by atoms with Crippen LogP contribution >= 0.6 is 0 Å². The Morgan fingerprint density at radius 2 is 1.85 bits per heavy atom. The molecular formula is C17H13F3N4O2. The summed E-state index contributed by atoms with van der Waals surface area (Å²) < 4.78 is 44.1. The van der Waals surface area contributed by atoms with Crippen LogP contribution in [0.3, 0.4) is 0 Å². The van der Waals surface area contributed by atoms with E-state index in [9.17, 15) is 18.0 Å². The minimum absolute atomic E-state index is 0.0378. The number of halogens is 3. The molecule has 2 heterocycles. The quantitative estimate of drug-likeness (QED) is 0.733. The van der Waals surface area contributed by atoms with Crippen LogP contribution in [0.2, 0.25) is 0 Å². The van der Waals surface area contributed by atoms with E-state index >= 15 is 0 Å². The Balaban J connectivity index is 1.70. The molecule has 9 heteroatoms. The SMILES string of the molecule is O=C(NCc1nccnc1-c1ccco1)Nc1ccccc1C(F)(F)F. The van der Waals surface area contributed by atoms with Gasteiger partial charge in [0.1, 0.15) is 5.69 Å². The van der Waals surface area contributed by atoms with Gasteiger partial charge < -0.3 is 15.1 Å². The first-order valence-corrected chi connectivity index (χ1v) is 7.50. The van der Waals surface area contributed by atoms with E-state index < -0.39 is 17.8 Å². The normalized spacial score (nSPS) is 11.2. The van der Waals surface area contributed by atoms with Crippen molar-refractivity contribution in [3.05, 3.63) is 66.3 Å². The lowest BCUT2D eigenvalue weighted by Gasteiger charge is -2.14. The fourth-order valence-corrected chi connectivity index (χ4v) is 2.29. The van der Waals surface area contributed by atoms with Gasteiger partial charge in [-0.2, -0.15) is 13.2 Å². The number of hydrogen-bond donors (Lipinski definition) is 2. The highest BCUT2D eigenvalue weighted by Crippen LogP contribution is 2.34. The van der Waals surface area contributed by atoms with E-state index in [-0.39, 0.29) is 12.2 Å². The van der Waals surface area contributed by atoms with Crippen molar-refractivity contribution in [2.75, 3.05) is 5.32 Å². The van der Waals surface area contributed by atoms with E-state index in [1.54, 1.807) is 12.1 Å². The second-order valence-electron chi connectivity index (χ2n) is 5.18. The van der Waals surface area contributed by atoms with Gasteiger partial charge in [-0.1, -0.05) is 12.1 Å². The fourth-order valence-electron chi connectivity index (χ4n) is 2.29. The molecule has 0 spiro atoms. The summed E-state index contributed by atoms with van der Waals surface area (Å²) in [7, 11) is 0. The molecule has 0 aliphatic rings. The van der Waals surface area contributed by atoms with Crippen LogP contribution < -0.4 is 10.6 Å². The molecule has 134 valence electrons. The van der Waals surface area contributed by atoms with Crippen molar-refractivity contribution in [1.29, 1.82) is 0 Å². The largest absolute Gasteiger partial charge is 0.463 e. The molecule has 0 radical (unpaired) electrons. The lowest BCUT2D eigenvalue weighted by Crippen LogP contribution is -2.29. The third-order valence-electron chi connectivity index (χ3n) is 3.43. The van der Waals surface area contributed by atoms with Gasteiger partial charge in [-0.15, -0.1) is 0 Å². The first-order chi connectivity index (χ1) is 12.4. The Morgan fingerprint density at radius 3 is 2.58 bits per heavy atom. The number of hydrogen-bond acceptors (Lipinski definition) is 4. The Labute approximate surface area is 146 Å². The molecule has 0 fully saturated rings. The number of furan rings is 1. The molecule has 2 aromatic heterocycles. The van der Waals surface area contributed by atoms with Gasteiger partial charge in [-0.25, -0.2) is 9.78 Å². The maximum atomic E-state index is 13.0. The van der Waals surface area contributed by atoms with Crippen LogP contribution in [0.5, 0.6) is 0 Å². The predicted molar refractivity (Wildman–Crippen MR) is 87.0 cm³/mol. The number of nitrogens with zero attached hydrogens (tertiary/aromatic N) is 2. The summed E-state index contributed by atoms with van der Waals surface area (Å²) in [6, 6.07) is 7.31. The molecule has 0 unspecified atom stereocenters. The molecule has 2 N–H and O–H groups in total. The number of amides is 2. The number of para-hydroxylation sites is 1. The molecule has 0 saturated carbocycles. The molecular weight excluding hydrogens is 349 g/mol. The van der Waals surface area contributed by atoms with Gasteiger partial charge in [-0.05, 0) is 24.3 Å². The Hall–Kier alpha value is -3.36. The molecule has 0 bridgehead atoms. The number of anilines is 1. The van der Waals surface area contributed by atoms with Crippen LogP contribution in [0.25, 0.3) is 11.5 Å².